The number of piperidine rings is 1. The molecule has 0 radical (unpaired) electrons. The second-order valence-corrected chi connectivity index (χ2v) is 12.7. The molecule has 0 aromatic rings. The second-order valence-electron chi connectivity index (χ2n) is 12.7. The van der Waals surface area contributed by atoms with E-state index in [-0.39, 0.29) is 0 Å². The molecule has 1 unspecified atom stereocenters. The molecule has 1 N–H and O–H groups in total. The molecule has 1 heterocycles. The number of hydrogen-bond acceptors (Lipinski definition) is 5. The van der Waals surface area contributed by atoms with E-state index in [0.29, 0.717) is 11.7 Å². The van der Waals surface area contributed by atoms with Crippen molar-refractivity contribution in [3.63, 3.8) is 0 Å². The third-order valence-corrected chi connectivity index (χ3v) is 8.74. The smallest absolute Gasteiger partial charge is 0.137 e. The lowest BCUT2D eigenvalue weighted by atomic mass is 9.77. The predicted molar refractivity (Wildman–Crippen MR) is 153 cm³/mol. The summed E-state index contributed by atoms with van der Waals surface area (Å²) in [5.74, 6) is 3.20. The summed E-state index contributed by atoms with van der Waals surface area (Å²) in [7, 11) is 4.28. The van der Waals surface area contributed by atoms with Crippen molar-refractivity contribution in [2.24, 2.45) is 23.7 Å². The van der Waals surface area contributed by atoms with Crippen LogP contribution in [0.25, 0.3) is 0 Å². The van der Waals surface area contributed by atoms with Gasteiger partial charge < -0.3 is 14.9 Å². The number of aliphatic hydroxyl groups excluding tert-OH is 1. The van der Waals surface area contributed by atoms with E-state index in [1.807, 2.05) is 6.92 Å². The lowest BCUT2D eigenvalue weighted by Gasteiger charge is -2.35. The molecule has 1 saturated heterocycles. The topological polar surface area (TPSA) is 47.0 Å². The normalized spacial score (nSPS) is 23.0. The molecule has 5 nitrogen and oxygen atoms in total. The van der Waals surface area contributed by atoms with Gasteiger partial charge in [0.1, 0.15) is 12.0 Å². The van der Waals surface area contributed by atoms with Crippen molar-refractivity contribution >= 4 is 5.78 Å². The summed E-state index contributed by atoms with van der Waals surface area (Å²) < 4.78 is 0. The van der Waals surface area contributed by atoms with Gasteiger partial charge in [-0.25, -0.2) is 0 Å². The van der Waals surface area contributed by atoms with Gasteiger partial charge in [0.25, 0.3) is 0 Å². The maximum absolute atomic E-state index is 13.0. The van der Waals surface area contributed by atoms with E-state index in [1.54, 1.807) is 0 Å². The number of rotatable bonds is 17. The first-order valence-corrected chi connectivity index (χ1v) is 15.1. The highest BCUT2D eigenvalue weighted by molar-refractivity contribution is 5.81. The van der Waals surface area contributed by atoms with Crippen LogP contribution < -0.4 is 0 Å². The predicted octanol–water partition coefficient (Wildman–Crippen LogP) is 5.83. The molecule has 0 amide bonds. The average Bonchev–Trinajstić information content (AvgIpc) is 2.85. The second kappa shape index (κ2) is 17.0. The zero-order valence-corrected chi connectivity index (χ0v) is 24.5. The highest BCUT2D eigenvalue weighted by Gasteiger charge is 2.27. The lowest BCUT2D eigenvalue weighted by molar-refractivity contribution is -0.124. The molecule has 1 aliphatic carbocycles. The number of hydrogen-bond donors (Lipinski definition) is 1. The summed E-state index contributed by atoms with van der Waals surface area (Å²) in [6.45, 7) is 16.7. The molecule has 0 spiro atoms. The Labute approximate surface area is 223 Å². The van der Waals surface area contributed by atoms with Crippen LogP contribution in [0.15, 0.2) is 12.2 Å². The molecule has 210 valence electrons. The first kappa shape index (κ1) is 31.5. The van der Waals surface area contributed by atoms with E-state index < -0.39 is 6.23 Å². The van der Waals surface area contributed by atoms with Crippen LogP contribution in [0.1, 0.15) is 97.8 Å². The quantitative estimate of drug-likeness (QED) is 0.252. The molecule has 5 heteroatoms. The van der Waals surface area contributed by atoms with Crippen LogP contribution >= 0.6 is 0 Å². The van der Waals surface area contributed by atoms with Crippen molar-refractivity contribution in [1.82, 2.24) is 14.7 Å². The van der Waals surface area contributed by atoms with Crippen LogP contribution in [0, 0.1) is 23.7 Å². The van der Waals surface area contributed by atoms with Crippen LogP contribution in [0.3, 0.4) is 0 Å². The minimum absolute atomic E-state index is 0.319. The molecule has 1 atom stereocenters. The maximum atomic E-state index is 13.0. The van der Waals surface area contributed by atoms with Gasteiger partial charge in [-0.15, -0.1) is 0 Å². The third-order valence-electron chi connectivity index (χ3n) is 8.74. The molecule has 2 aliphatic rings. The van der Waals surface area contributed by atoms with Gasteiger partial charge in [0.05, 0.1) is 0 Å². The van der Waals surface area contributed by atoms with Gasteiger partial charge in [-0.2, -0.15) is 0 Å². The summed E-state index contributed by atoms with van der Waals surface area (Å²) >= 11 is 0. The Kier molecular flexibility index (Phi) is 14.8. The number of Topliss-reactive ketones (excluding diaryl/α,β-unsaturated/α-hetero) is 1. The first-order chi connectivity index (χ1) is 17.2. The fourth-order valence-electron chi connectivity index (χ4n) is 6.13. The van der Waals surface area contributed by atoms with Crippen molar-refractivity contribution in [1.29, 1.82) is 0 Å². The Morgan fingerprint density at radius 2 is 1.53 bits per heavy atom. The third kappa shape index (κ3) is 12.2. The van der Waals surface area contributed by atoms with Crippen molar-refractivity contribution in [2.45, 2.75) is 104 Å². The number of aliphatic hydroxyl groups is 1. The highest BCUT2D eigenvalue weighted by atomic mass is 16.3. The van der Waals surface area contributed by atoms with Gasteiger partial charge in [-0.1, -0.05) is 39.7 Å². The van der Waals surface area contributed by atoms with Gasteiger partial charge in [0.2, 0.25) is 0 Å². The van der Waals surface area contributed by atoms with Crippen LogP contribution in [0.2, 0.25) is 0 Å². The summed E-state index contributed by atoms with van der Waals surface area (Å²) in [5, 5.41) is 10.2. The van der Waals surface area contributed by atoms with Crippen LogP contribution in [0.4, 0.5) is 0 Å². The summed E-state index contributed by atoms with van der Waals surface area (Å²) in [6.07, 6.45) is 13.8. The maximum Gasteiger partial charge on any atom is 0.137 e. The monoisotopic (exact) mass is 505 g/mol. The summed E-state index contributed by atoms with van der Waals surface area (Å²) in [4.78, 5) is 20.0. The van der Waals surface area contributed by atoms with E-state index in [9.17, 15) is 9.90 Å². The molecular formula is C31H59N3O2. The van der Waals surface area contributed by atoms with Crippen LogP contribution in [0.5, 0.6) is 0 Å². The van der Waals surface area contributed by atoms with E-state index in [0.717, 1.165) is 81.9 Å². The van der Waals surface area contributed by atoms with Crippen LogP contribution in [-0.2, 0) is 4.79 Å². The van der Waals surface area contributed by atoms with Gasteiger partial charge >= 0.3 is 0 Å². The largest absolute Gasteiger partial charge is 0.374 e. The van der Waals surface area contributed by atoms with E-state index >= 15 is 0 Å². The number of carbonyl (C=O) groups excluding carboxylic acids is 1. The summed E-state index contributed by atoms with van der Waals surface area (Å²) in [6, 6.07) is 0. The van der Waals surface area contributed by atoms with Crippen LogP contribution in [-0.4, -0.2) is 85.2 Å². The summed E-state index contributed by atoms with van der Waals surface area (Å²) in [5.41, 5.74) is 0.853. The Bertz CT molecular complexity index is 619. The number of nitrogens with zero attached hydrogens (tertiary/aromatic N) is 3. The standard InChI is InChI=1S/C31H59N3O2/c1-25(2)15-21-33(20-8-19-32(5)6)22-18-30(35)29-13-11-27(12-14-29)9-7-10-28-16-23-34(24-17-28)31(36)26(3)4/h25,27-29,31,36H,3,7-24H2,1-2,4-6H3. The van der Waals surface area contributed by atoms with Crippen molar-refractivity contribution in [3.8, 4) is 0 Å². The fraction of sp³-hybridized carbons (Fsp3) is 0.903. The zero-order chi connectivity index (χ0) is 26.5. The van der Waals surface area contributed by atoms with Gasteiger partial charge in [0.15, 0.2) is 0 Å². The van der Waals surface area contributed by atoms with Gasteiger partial charge in [0, 0.05) is 32.0 Å². The first-order valence-electron chi connectivity index (χ1n) is 15.1. The molecule has 0 bridgehead atoms. The Morgan fingerprint density at radius 3 is 2.08 bits per heavy atom. The minimum atomic E-state index is -0.463. The van der Waals surface area contributed by atoms with Crippen molar-refractivity contribution in [3.05, 3.63) is 12.2 Å². The number of ketones is 1. The molecule has 1 aliphatic heterocycles. The van der Waals surface area contributed by atoms with E-state index in [1.165, 1.54) is 57.8 Å². The molecule has 0 aromatic carbocycles. The van der Waals surface area contributed by atoms with E-state index in [2.05, 4.69) is 49.2 Å². The SMILES string of the molecule is C=C(C)C(O)N1CCC(CCCC2CCC(C(=O)CCN(CCCN(C)C)CCC(C)C)CC2)CC1. The Morgan fingerprint density at radius 1 is 0.917 bits per heavy atom. The lowest BCUT2D eigenvalue weighted by Crippen LogP contribution is -2.41. The Hall–Kier alpha value is -0.750. The number of carbonyl (C=O) groups is 1. The van der Waals surface area contributed by atoms with Crippen molar-refractivity contribution < 1.29 is 9.90 Å². The molecule has 2 fully saturated rings. The highest BCUT2D eigenvalue weighted by Crippen LogP contribution is 2.34. The molecule has 1 saturated carbocycles. The fourth-order valence-corrected chi connectivity index (χ4v) is 6.13. The minimum Gasteiger partial charge on any atom is -0.374 e. The molecule has 0 aromatic heterocycles. The zero-order valence-electron chi connectivity index (χ0n) is 24.5. The average molecular weight is 506 g/mol. The number of likely N-dealkylation sites (tertiary alicyclic amines) is 1. The van der Waals surface area contributed by atoms with Gasteiger partial charge in [-0.05, 0) is 115 Å². The van der Waals surface area contributed by atoms with E-state index in [4.69, 9.17) is 0 Å². The Balaban J connectivity index is 1.60. The van der Waals surface area contributed by atoms with Crippen molar-refractivity contribution in [2.75, 3.05) is 53.4 Å². The molecule has 36 heavy (non-hydrogen) atoms. The molecule has 2 rings (SSSR count). The molecular weight excluding hydrogens is 446 g/mol. The van der Waals surface area contributed by atoms with Gasteiger partial charge in [-0.3, -0.25) is 9.69 Å².